The van der Waals surface area contributed by atoms with Crippen LogP contribution in [-0.2, 0) is 9.59 Å². The van der Waals surface area contributed by atoms with Gasteiger partial charge in [-0.05, 0) is 45.4 Å². The number of nitrogens with zero attached hydrogens (tertiary/aromatic N) is 1. The molecule has 2 atom stereocenters. The van der Waals surface area contributed by atoms with Crippen LogP contribution in [0.5, 0.6) is 0 Å². The Morgan fingerprint density at radius 1 is 1.30 bits per heavy atom. The molecule has 1 saturated heterocycles. The Kier molecular flexibility index (Phi) is 7.52. The molecule has 1 heterocycles. The van der Waals surface area contributed by atoms with Crippen LogP contribution in [0, 0.1) is 12.8 Å². The molecule has 23 heavy (non-hydrogen) atoms. The Balaban J connectivity index is 0.00000264. The number of carbonyl (C=O) groups is 2. The van der Waals surface area contributed by atoms with Crippen LogP contribution in [0.1, 0.15) is 25.3 Å². The summed E-state index contributed by atoms with van der Waals surface area (Å²) in [5, 5.41) is 6.16. The highest BCUT2D eigenvalue weighted by Gasteiger charge is 2.27. The van der Waals surface area contributed by atoms with E-state index in [1.807, 2.05) is 31.2 Å². The van der Waals surface area contributed by atoms with Crippen molar-refractivity contribution in [2.45, 2.75) is 32.7 Å². The van der Waals surface area contributed by atoms with Crippen LogP contribution in [0.25, 0.3) is 0 Å². The first kappa shape index (κ1) is 19.5. The van der Waals surface area contributed by atoms with Gasteiger partial charge in [-0.1, -0.05) is 17.7 Å². The van der Waals surface area contributed by atoms with Crippen LogP contribution in [0.2, 0.25) is 0 Å². The molecule has 1 fully saturated rings. The maximum atomic E-state index is 12.4. The molecule has 0 bridgehead atoms. The van der Waals surface area contributed by atoms with Crippen LogP contribution in [-0.4, -0.2) is 42.9 Å². The van der Waals surface area contributed by atoms with Crippen LogP contribution < -0.4 is 10.6 Å². The predicted molar refractivity (Wildman–Crippen MR) is 94.9 cm³/mol. The number of nitrogens with one attached hydrogen (secondary N) is 2. The first-order chi connectivity index (χ1) is 10.5. The molecular weight excluding hydrogens is 314 g/mol. The van der Waals surface area contributed by atoms with Crippen molar-refractivity contribution in [3.8, 4) is 0 Å². The Morgan fingerprint density at radius 3 is 2.57 bits per heavy atom. The van der Waals surface area contributed by atoms with Crippen molar-refractivity contribution in [1.82, 2.24) is 10.2 Å². The summed E-state index contributed by atoms with van der Waals surface area (Å²) >= 11 is 0. The third-order valence-electron chi connectivity index (χ3n) is 4.07. The minimum Gasteiger partial charge on any atom is -0.336 e. The SMILES string of the molecule is Cc1ccc(NC(=O)CN(C)C(=O)[C@H]2CCN[C@@H](C)C2)cc1.Cl. The molecule has 0 spiro atoms. The van der Waals surface area contributed by atoms with Gasteiger partial charge in [0.1, 0.15) is 0 Å². The van der Waals surface area contributed by atoms with Gasteiger partial charge in [-0.2, -0.15) is 0 Å². The quantitative estimate of drug-likeness (QED) is 0.884. The van der Waals surface area contributed by atoms with Gasteiger partial charge in [0.05, 0.1) is 6.54 Å². The minimum absolute atomic E-state index is 0. The van der Waals surface area contributed by atoms with E-state index in [1.165, 1.54) is 4.90 Å². The number of piperidine rings is 1. The number of anilines is 1. The molecule has 0 saturated carbocycles. The zero-order valence-electron chi connectivity index (χ0n) is 14.0. The second kappa shape index (κ2) is 8.89. The summed E-state index contributed by atoms with van der Waals surface area (Å²) in [5.41, 5.74) is 1.90. The van der Waals surface area contributed by atoms with E-state index in [4.69, 9.17) is 0 Å². The van der Waals surface area contributed by atoms with Gasteiger partial charge < -0.3 is 15.5 Å². The standard InChI is InChI=1S/C17H25N3O2.ClH/c1-12-4-6-15(7-5-12)19-16(21)11-20(3)17(22)14-8-9-18-13(2)10-14;/h4-7,13-14,18H,8-11H2,1-3H3,(H,19,21);1H/t13-,14-;/m0./s1. The van der Waals surface area contributed by atoms with Crippen molar-refractivity contribution in [2.75, 3.05) is 25.5 Å². The van der Waals surface area contributed by atoms with E-state index < -0.39 is 0 Å². The van der Waals surface area contributed by atoms with Crippen LogP contribution in [0.15, 0.2) is 24.3 Å². The van der Waals surface area contributed by atoms with Crippen LogP contribution >= 0.6 is 12.4 Å². The van der Waals surface area contributed by atoms with Gasteiger partial charge in [-0.15, -0.1) is 12.4 Å². The second-order valence-corrected chi connectivity index (χ2v) is 6.18. The molecule has 2 amide bonds. The Bertz CT molecular complexity index is 533. The molecule has 128 valence electrons. The minimum atomic E-state index is -0.165. The van der Waals surface area contributed by atoms with E-state index in [1.54, 1.807) is 7.05 Å². The van der Waals surface area contributed by atoms with Gasteiger partial charge in [0.2, 0.25) is 11.8 Å². The summed E-state index contributed by atoms with van der Waals surface area (Å²) in [7, 11) is 1.70. The van der Waals surface area contributed by atoms with Crippen molar-refractivity contribution in [3.63, 3.8) is 0 Å². The van der Waals surface area contributed by atoms with E-state index >= 15 is 0 Å². The van der Waals surface area contributed by atoms with Crippen molar-refractivity contribution in [2.24, 2.45) is 5.92 Å². The molecule has 1 aromatic carbocycles. The van der Waals surface area contributed by atoms with Gasteiger partial charge in [-0.25, -0.2) is 0 Å². The number of rotatable bonds is 4. The summed E-state index contributed by atoms with van der Waals surface area (Å²) in [6, 6.07) is 7.98. The molecule has 5 nitrogen and oxygen atoms in total. The molecule has 6 heteroatoms. The lowest BCUT2D eigenvalue weighted by Gasteiger charge is -2.30. The summed E-state index contributed by atoms with van der Waals surface area (Å²) in [5.74, 6) is -0.0810. The molecule has 0 aliphatic carbocycles. The van der Waals surface area contributed by atoms with Gasteiger partial charge in [0, 0.05) is 24.7 Å². The highest BCUT2D eigenvalue weighted by Crippen LogP contribution is 2.18. The van der Waals surface area contributed by atoms with E-state index in [2.05, 4.69) is 17.6 Å². The number of likely N-dealkylation sites (N-methyl/N-ethyl adjacent to an activating group) is 1. The number of hydrogen-bond acceptors (Lipinski definition) is 3. The summed E-state index contributed by atoms with van der Waals surface area (Å²) in [6.07, 6.45) is 1.68. The largest absolute Gasteiger partial charge is 0.336 e. The zero-order valence-corrected chi connectivity index (χ0v) is 14.8. The summed E-state index contributed by atoms with van der Waals surface area (Å²) < 4.78 is 0. The van der Waals surface area contributed by atoms with Crippen molar-refractivity contribution in [1.29, 1.82) is 0 Å². The van der Waals surface area contributed by atoms with Gasteiger partial charge >= 0.3 is 0 Å². The second-order valence-electron chi connectivity index (χ2n) is 6.18. The molecule has 2 rings (SSSR count). The Labute approximate surface area is 144 Å². The smallest absolute Gasteiger partial charge is 0.243 e. The Hall–Kier alpha value is -1.59. The third-order valence-corrected chi connectivity index (χ3v) is 4.07. The fraction of sp³-hybridized carbons (Fsp3) is 0.529. The summed E-state index contributed by atoms with van der Waals surface area (Å²) in [4.78, 5) is 26.0. The average Bonchev–Trinajstić information content (AvgIpc) is 2.48. The van der Waals surface area contributed by atoms with E-state index in [-0.39, 0.29) is 36.7 Å². The normalized spacial score (nSPS) is 20.3. The van der Waals surface area contributed by atoms with E-state index in [0.717, 1.165) is 30.6 Å². The molecule has 2 N–H and O–H groups in total. The number of hydrogen-bond donors (Lipinski definition) is 2. The zero-order chi connectivity index (χ0) is 16.1. The lowest BCUT2D eigenvalue weighted by atomic mass is 9.92. The summed E-state index contributed by atoms with van der Waals surface area (Å²) in [6.45, 7) is 5.04. The van der Waals surface area contributed by atoms with Gasteiger partial charge in [0.15, 0.2) is 0 Å². The number of halogens is 1. The Morgan fingerprint density at radius 2 is 1.96 bits per heavy atom. The van der Waals surface area contributed by atoms with E-state index in [0.29, 0.717) is 6.04 Å². The fourth-order valence-electron chi connectivity index (χ4n) is 2.80. The average molecular weight is 340 g/mol. The van der Waals surface area contributed by atoms with Crippen molar-refractivity contribution in [3.05, 3.63) is 29.8 Å². The fourth-order valence-corrected chi connectivity index (χ4v) is 2.80. The number of carbonyl (C=O) groups excluding carboxylic acids is 2. The van der Waals surface area contributed by atoms with Crippen LogP contribution in [0.3, 0.4) is 0 Å². The maximum Gasteiger partial charge on any atom is 0.243 e. The molecule has 1 aliphatic rings. The maximum absolute atomic E-state index is 12.4. The first-order valence-electron chi connectivity index (χ1n) is 7.80. The van der Waals surface area contributed by atoms with Gasteiger partial charge in [-0.3, -0.25) is 9.59 Å². The van der Waals surface area contributed by atoms with Crippen molar-refractivity contribution < 1.29 is 9.59 Å². The molecule has 1 aliphatic heterocycles. The molecule has 0 unspecified atom stereocenters. The predicted octanol–water partition coefficient (Wildman–Crippen LogP) is 2.20. The number of aryl methyl sites for hydroxylation is 1. The highest BCUT2D eigenvalue weighted by atomic mass is 35.5. The highest BCUT2D eigenvalue weighted by molar-refractivity contribution is 5.94. The lowest BCUT2D eigenvalue weighted by molar-refractivity contribution is -0.137. The van der Waals surface area contributed by atoms with Crippen LogP contribution in [0.4, 0.5) is 5.69 Å². The molecule has 0 radical (unpaired) electrons. The third kappa shape index (κ3) is 5.84. The first-order valence-corrected chi connectivity index (χ1v) is 7.80. The molecule has 0 aromatic heterocycles. The lowest BCUT2D eigenvalue weighted by Crippen LogP contribution is -2.44. The number of benzene rings is 1. The molecule has 1 aromatic rings. The topological polar surface area (TPSA) is 61.4 Å². The van der Waals surface area contributed by atoms with E-state index in [9.17, 15) is 9.59 Å². The number of amides is 2. The monoisotopic (exact) mass is 339 g/mol. The van der Waals surface area contributed by atoms with Crippen molar-refractivity contribution >= 4 is 29.9 Å². The van der Waals surface area contributed by atoms with Gasteiger partial charge in [0.25, 0.3) is 0 Å². The molecular formula is C17H26ClN3O2.